The van der Waals surface area contributed by atoms with Crippen LogP contribution in [0.2, 0.25) is 0 Å². The van der Waals surface area contributed by atoms with E-state index in [0.717, 1.165) is 24.7 Å². The van der Waals surface area contributed by atoms with Crippen molar-refractivity contribution in [1.29, 1.82) is 0 Å². The fourth-order valence-corrected chi connectivity index (χ4v) is 2.24. The molecule has 0 aliphatic carbocycles. The summed E-state index contributed by atoms with van der Waals surface area (Å²) in [5.74, 6) is 0.0469. The molecule has 0 fully saturated rings. The van der Waals surface area contributed by atoms with Crippen LogP contribution in [-0.2, 0) is 4.79 Å². The van der Waals surface area contributed by atoms with Gasteiger partial charge < -0.3 is 0 Å². The third kappa shape index (κ3) is 8.14. The lowest BCUT2D eigenvalue weighted by atomic mass is 10.0. The molecular formula is C19H28ClNO. The van der Waals surface area contributed by atoms with E-state index in [2.05, 4.69) is 49.2 Å². The Kier molecular flexibility index (Phi) is 11.4. The predicted molar refractivity (Wildman–Crippen MR) is 98.9 cm³/mol. The molecular weight excluding hydrogens is 294 g/mol. The third-order valence-corrected chi connectivity index (χ3v) is 3.60. The van der Waals surface area contributed by atoms with Gasteiger partial charge in [0.05, 0.1) is 11.1 Å². The fraction of sp³-hybridized carbons (Fsp3) is 0.474. The van der Waals surface area contributed by atoms with E-state index < -0.39 is 0 Å². The Morgan fingerprint density at radius 1 is 1.27 bits per heavy atom. The summed E-state index contributed by atoms with van der Waals surface area (Å²) in [6.45, 7) is 8.13. The molecule has 0 aromatic rings. The number of hydrogen-bond donors (Lipinski definition) is 0. The van der Waals surface area contributed by atoms with Gasteiger partial charge in [-0.05, 0) is 32.3 Å². The smallest absolute Gasteiger partial charge is 0.164 e. The Morgan fingerprint density at radius 3 is 2.45 bits per heavy atom. The van der Waals surface area contributed by atoms with Gasteiger partial charge >= 0.3 is 0 Å². The molecule has 0 rings (SSSR count). The standard InChI is InChI=1S/C19H28ClNO/c1-6-7-8-13-18(17(4)20)15(2)11-9-10-12-16(3)19(14-22)21-5/h7-8,10-14,16-17H,6,9H2,1-5H3/b8-7-,12-10+,15-11+,18-13-,21-19-. The van der Waals surface area contributed by atoms with E-state index in [1.807, 2.05) is 19.9 Å². The lowest BCUT2D eigenvalue weighted by Gasteiger charge is -2.09. The zero-order valence-corrected chi connectivity index (χ0v) is 15.1. The first kappa shape index (κ1) is 20.6. The molecule has 0 aliphatic rings. The van der Waals surface area contributed by atoms with Gasteiger partial charge in [-0.2, -0.15) is 0 Å². The predicted octanol–water partition coefficient (Wildman–Crippen LogP) is 5.30. The van der Waals surface area contributed by atoms with Gasteiger partial charge in [0.25, 0.3) is 0 Å². The topological polar surface area (TPSA) is 29.4 Å². The zero-order valence-electron chi connectivity index (χ0n) is 14.3. The van der Waals surface area contributed by atoms with Crippen molar-refractivity contribution in [2.45, 2.75) is 45.9 Å². The van der Waals surface area contributed by atoms with Crippen LogP contribution >= 0.6 is 11.6 Å². The van der Waals surface area contributed by atoms with Crippen LogP contribution in [0.1, 0.15) is 40.5 Å². The van der Waals surface area contributed by atoms with Crippen molar-refractivity contribution >= 4 is 23.6 Å². The van der Waals surface area contributed by atoms with Crippen molar-refractivity contribution in [3.8, 4) is 0 Å². The first-order valence-corrected chi connectivity index (χ1v) is 8.17. The van der Waals surface area contributed by atoms with Crippen molar-refractivity contribution < 1.29 is 4.79 Å². The highest BCUT2D eigenvalue weighted by Crippen LogP contribution is 2.19. The van der Waals surface area contributed by atoms with Gasteiger partial charge in [0.15, 0.2) is 6.29 Å². The minimum atomic E-state index is -0.0189. The molecule has 2 atom stereocenters. The maximum atomic E-state index is 10.8. The number of aliphatic imine (C=N–C) groups is 1. The van der Waals surface area contributed by atoms with Gasteiger partial charge in [0.2, 0.25) is 0 Å². The van der Waals surface area contributed by atoms with Crippen molar-refractivity contribution in [1.82, 2.24) is 0 Å². The molecule has 0 bridgehead atoms. The molecule has 0 aromatic carbocycles. The minimum absolute atomic E-state index is 0.0189. The second-order valence-electron chi connectivity index (χ2n) is 5.18. The Bertz CT molecular complexity index is 482. The number of nitrogens with zero attached hydrogens (tertiary/aromatic N) is 1. The molecule has 0 aromatic heterocycles. The van der Waals surface area contributed by atoms with Gasteiger partial charge in [-0.15, -0.1) is 11.6 Å². The Labute approximate surface area is 140 Å². The van der Waals surface area contributed by atoms with Crippen molar-refractivity contribution in [3.63, 3.8) is 0 Å². The molecule has 0 saturated carbocycles. The molecule has 0 radical (unpaired) electrons. The second kappa shape index (κ2) is 12.2. The summed E-state index contributed by atoms with van der Waals surface area (Å²) < 4.78 is 0. The van der Waals surface area contributed by atoms with Crippen molar-refractivity contribution in [2.75, 3.05) is 7.05 Å². The largest absolute Gasteiger partial charge is 0.297 e. The first-order valence-electron chi connectivity index (χ1n) is 7.74. The highest BCUT2D eigenvalue weighted by molar-refractivity contribution is 6.29. The number of alkyl halides is 1. The summed E-state index contributed by atoms with van der Waals surface area (Å²) in [5.41, 5.74) is 2.88. The van der Waals surface area contributed by atoms with Crippen LogP contribution < -0.4 is 0 Å². The van der Waals surface area contributed by atoms with Crippen molar-refractivity contribution in [3.05, 3.63) is 47.6 Å². The van der Waals surface area contributed by atoms with Crippen LogP contribution in [0.15, 0.2) is 52.6 Å². The summed E-state index contributed by atoms with van der Waals surface area (Å²) in [4.78, 5) is 14.8. The van der Waals surface area contributed by atoms with Crippen molar-refractivity contribution in [2.24, 2.45) is 10.9 Å². The van der Waals surface area contributed by atoms with E-state index in [0.29, 0.717) is 5.71 Å². The molecule has 122 valence electrons. The Hall–Kier alpha value is -1.41. The average Bonchev–Trinajstić information content (AvgIpc) is 2.48. The van der Waals surface area contributed by atoms with Gasteiger partial charge in [-0.3, -0.25) is 9.79 Å². The van der Waals surface area contributed by atoms with Gasteiger partial charge in [-0.25, -0.2) is 0 Å². The highest BCUT2D eigenvalue weighted by Gasteiger charge is 2.06. The third-order valence-electron chi connectivity index (χ3n) is 3.36. The van der Waals surface area contributed by atoms with Crippen LogP contribution in [0.5, 0.6) is 0 Å². The zero-order chi connectivity index (χ0) is 17.0. The van der Waals surface area contributed by atoms with Crippen LogP contribution in [0.25, 0.3) is 0 Å². The second-order valence-corrected chi connectivity index (χ2v) is 5.84. The van der Waals surface area contributed by atoms with Crippen LogP contribution in [0, 0.1) is 5.92 Å². The number of carbonyl (C=O) groups excluding carboxylic acids is 1. The molecule has 2 unspecified atom stereocenters. The van der Waals surface area contributed by atoms with E-state index in [1.54, 1.807) is 7.05 Å². The fourth-order valence-electron chi connectivity index (χ4n) is 1.99. The lowest BCUT2D eigenvalue weighted by molar-refractivity contribution is -0.102. The molecule has 0 saturated heterocycles. The van der Waals surface area contributed by atoms with E-state index in [9.17, 15) is 4.79 Å². The lowest BCUT2D eigenvalue weighted by Crippen LogP contribution is -2.09. The molecule has 0 aliphatic heterocycles. The number of carbonyl (C=O) groups is 1. The number of hydrogen-bond acceptors (Lipinski definition) is 2. The molecule has 0 spiro atoms. The highest BCUT2D eigenvalue weighted by atomic mass is 35.5. The van der Waals surface area contributed by atoms with E-state index in [-0.39, 0.29) is 11.3 Å². The Balaban J connectivity index is 4.80. The van der Waals surface area contributed by atoms with Crippen LogP contribution in [-0.4, -0.2) is 24.4 Å². The summed E-state index contributed by atoms with van der Waals surface area (Å²) in [6, 6.07) is 0. The average molecular weight is 322 g/mol. The van der Waals surface area contributed by atoms with Gasteiger partial charge in [0.1, 0.15) is 0 Å². The monoisotopic (exact) mass is 321 g/mol. The molecule has 0 heterocycles. The van der Waals surface area contributed by atoms with Gasteiger partial charge in [0, 0.05) is 13.0 Å². The minimum Gasteiger partial charge on any atom is -0.297 e. The number of aldehydes is 1. The maximum absolute atomic E-state index is 10.8. The molecule has 0 amide bonds. The van der Waals surface area contributed by atoms with E-state index >= 15 is 0 Å². The summed E-state index contributed by atoms with van der Waals surface area (Å²) in [5, 5.41) is -0.0189. The number of allylic oxidation sites excluding steroid dienone is 8. The molecule has 0 N–H and O–H groups in total. The normalized spacial score (nSPS) is 17.3. The summed E-state index contributed by atoms with van der Waals surface area (Å²) >= 11 is 6.24. The number of halogens is 1. The van der Waals surface area contributed by atoms with Crippen LogP contribution in [0.3, 0.4) is 0 Å². The number of rotatable bonds is 9. The molecule has 3 heteroatoms. The SMILES string of the molecule is CC\C=C/C=C(/C(C)=C/C/C=C/C(C)/C(C=O)=N\C)C(C)Cl. The quantitative estimate of drug-likeness (QED) is 0.186. The first-order chi connectivity index (χ1) is 10.5. The van der Waals surface area contributed by atoms with Crippen LogP contribution in [0.4, 0.5) is 0 Å². The van der Waals surface area contributed by atoms with Gasteiger partial charge in [-0.1, -0.05) is 55.9 Å². The summed E-state index contributed by atoms with van der Waals surface area (Å²) in [6.07, 6.45) is 15.1. The maximum Gasteiger partial charge on any atom is 0.164 e. The Morgan fingerprint density at radius 2 is 1.95 bits per heavy atom. The van der Waals surface area contributed by atoms with E-state index in [1.165, 1.54) is 5.57 Å². The van der Waals surface area contributed by atoms with E-state index in [4.69, 9.17) is 11.6 Å². The molecule has 22 heavy (non-hydrogen) atoms. The summed E-state index contributed by atoms with van der Waals surface area (Å²) in [7, 11) is 1.64. The molecule has 2 nitrogen and oxygen atoms in total.